The number of halogens is 1. The molecule has 5 heteroatoms. The number of anilines is 1. The van der Waals surface area contributed by atoms with Gasteiger partial charge in [0.2, 0.25) is 5.36 Å². The van der Waals surface area contributed by atoms with Crippen LogP contribution in [0.5, 0.6) is 0 Å². The lowest BCUT2D eigenvalue weighted by Crippen LogP contribution is -3.00. The quantitative estimate of drug-likeness (QED) is 0.140. The van der Waals surface area contributed by atoms with Crippen LogP contribution in [0.4, 0.5) is 5.69 Å². The molecule has 2 aliphatic rings. The monoisotopic (exact) mass is 579 g/mol. The fourth-order valence-electron chi connectivity index (χ4n) is 4.39. The van der Waals surface area contributed by atoms with Crippen LogP contribution in [0.3, 0.4) is 0 Å². The van der Waals surface area contributed by atoms with Crippen LogP contribution in [0.25, 0.3) is 20.8 Å². The number of aromatic nitrogens is 1. The predicted octanol–water partition coefficient (Wildman–Crippen LogP) is 3.97. The average molecular weight is 580 g/mol. The fourth-order valence-corrected chi connectivity index (χ4v) is 5.41. The van der Waals surface area contributed by atoms with Gasteiger partial charge in [0.05, 0.1) is 20.8 Å². The van der Waals surface area contributed by atoms with Crippen LogP contribution in [-0.4, -0.2) is 33.2 Å². The molecule has 182 valence electrons. The van der Waals surface area contributed by atoms with Crippen molar-refractivity contribution in [3.63, 3.8) is 0 Å². The van der Waals surface area contributed by atoms with Crippen LogP contribution in [0.1, 0.15) is 76.7 Å². The SMILES string of the molecule is CCCCCCCCCCCCc1cc2nc3ccc(N(C)C)cc3sc-2cc1=[N+](C)C.[I-]. The minimum Gasteiger partial charge on any atom is -1.00 e. The molecule has 1 aromatic rings. The van der Waals surface area contributed by atoms with Gasteiger partial charge in [-0.05, 0) is 37.1 Å². The second-order valence-corrected chi connectivity index (χ2v) is 10.6. The van der Waals surface area contributed by atoms with Crippen LogP contribution in [-0.2, 0) is 6.42 Å². The van der Waals surface area contributed by atoms with Crippen molar-refractivity contribution < 1.29 is 24.0 Å². The molecule has 1 aliphatic heterocycles. The topological polar surface area (TPSA) is 19.1 Å². The third-order valence-corrected chi connectivity index (χ3v) is 7.46. The van der Waals surface area contributed by atoms with Crippen LogP contribution in [0.15, 0.2) is 30.3 Å². The molecule has 0 N–H and O–H groups in total. The summed E-state index contributed by atoms with van der Waals surface area (Å²) >= 11 is 1.85. The highest BCUT2D eigenvalue weighted by Crippen LogP contribution is 2.32. The molecule has 0 aromatic heterocycles. The maximum atomic E-state index is 5.01. The lowest BCUT2D eigenvalue weighted by atomic mass is 10.0. The first kappa shape index (κ1) is 28.0. The number of fused-ring (bicyclic) bond motifs is 2. The van der Waals surface area contributed by atoms with Gasteiger partial charge in [0.1, 0.15) is 14.1 Å². The Morgan fingerprint density at radius 1 is 0.848 bits per heavy atom. The molecule has 0 spiro atoms. The lowest BCUT2D eigenvalue weighted by molar-refractivity contribution is -0.00000680. The lowest BCUT2D eigenvalue weighted by Gasteiger charge is -2.14. The van der Waals surface area contributed by atoms with E-state index in [2.05, 4.69) is 74.9 Å². The summed E-state index contributed by atoms with van der Waals surface area (Å²) in [6.07, 6.45) is 14.9. The fraction of sp³-hybridized carbons (Fsp3) is 0.571. The summed E-state index contributed by atoms with van der Waals surface area (Å²) < 4.78 is 3.51. The van der Waals surface area contributed by atoms with E-state index in [1.54, 1.807) is 0 Å². The molecule has 0 saturated heterocycles. The Labute approximate surface area is 222 Å². The Bertz CT molecular complexity index is 1040. The first-order chi connectivity index (χ1) is 15.5. The number of hydrogen-bond acceptors (Lipinski definition) is 3. The van der Waals surface area contributed by atoms with Crippen molar-refractivity contribution in [2.45, 2.75) is 77.6 Å². The minimum absolute atomic E-state index is 0. The Balaban J connectivity index is 0.00000385. The zero-order valence-corrected chi connectivity index (χ0v) is 24.3. The highest BCUT2D eigenvalue weighted by atomic mass is 127. The van der Waals surface area contributed by atoms with E-state index in [-0.39, 0.29) is 24.0 Å². The molecule has 0 amide bonds. The standard InChI is InChI=1S/C28H42N3S.HI/c1-6-7-8-9-10-11-12-13-14-15-16-22-19-25-28(21-26(22)31(4)5)32-27-20-23(30(2)3)17-18-24(27)29-25;/h17-21H,6-16H2,1-5H3;1H/q+1;/p-1. The van der Waals surface area contributed by atoms with E-state index in [1.165, 1.54) is 90.4 Å². The van der Waals surface area contributed by atoms with Gasteiger partial charge >= 0.3 is 0 Å². The Kier molecular flexibility index (Phi) is 12.1. The van der Waals surface area contributed by atoms with Gasteiger partial charge in [0.25, 0.3) is 0 Å². The van der Waals surface area contributed by atoms with E-state index in [0.717, 1.165) is 17.6 Å². The van der Waals surface area contributed by atoms with Gasteiger partial charge in [0.15, 0.2) is 0 Å². The van der Waals surface area contributed by atoms with Crippen LogP contribution in [0.2, 0.25) is 0 Å². The number of rotatable bonds is 12. The van der Waals surface area contributed by atoms with E-state index in [1.807, 2.05) is 11.3 Å². The third kappa shape index (κ3) is 8.20. The molecule has 0 radical (unpaired) electrons. The van der Waals surface area contributed by atoms with Gasteiger partial charge in [-0.25, -0.2) is 9.56 Å². The zero-order chi connectivity index (χ0) is 22.9. The van der Waals surface area contributed by atoms with Crippen LogP contribution < -0.4 is 38.8 Å². The first-order valence-corrected chi connectivity index (χ1v) is 13.4. The number of nitrogens with zero attached hydrogens (tertiary/aromatic N) is 3. The predicted molar refractivity (Wildman–Crippen MR) is 143 cm³/mol. The van der Waals surface area contributed by atoms with Gasteiger partial charge in [-0.1, -0.05) is 64.7 Å². The number of unbranched alkanes of at least 4 members (excludes halogenated alkanes) is 9. The molecule has 0 unspecified atom stereocenters. The second kappa shape index (κ2) is 14.2. The van der Waals surface area contributed by atoms with Crippen molar-refractivity contribution >= 4 is 27.2 Å². The number of benzene rings is 2. The van der Waals surface area contributed by atoms with Crippen LogP contribution >= 0.6 is 11.3 Å². The molecule has 1 heterocycles. The van der Waals surface area contributed by atoms with Gasteiger partial charge in [-0.15, -0.1) is 11.3 Å². The molecule has 1 aliphatic carbocycles. The smallest absolute Gasteiger partial charge is 0.204 e. The largest absolute Gasteiger partial charge is 1.00 e. The van der Waals surface area contributed by atoms with Crippen molar-refractivity contribution in [2.75, 3.05) is 33.1 Å². The van der Waals surface area contributed by atoms with E-state index < -0.39 is 0 Å². The third-order valence-electron chi connectivity index (χ3n) is 6.36. The maximum Gasteiger partial charge on any atom is 0.204 e. The summed E-state index contributed by atoms with van der Waals surface area (Å²) in [4.78, 5) is 8.43. The normalized spacial score (nSPS) is 11.1. The van der Waals surface area contributed by atoms with E-state index in [9.17, 15) is 0 Å². The summed E-state index contributed by atoms with van der Waals surface area (Å²) in [5.41, 5.74) is 4.88. The van der Waals surface area contributed by atoms with Crippen molar-refractivity contribution in [3.05, 3.63) is 41.3 Å². The summed E-state index contributed by atoms with van der Waals surface area (Å²) in [5.74, 6) is 0. The van der Waals surface area contributed by atoms with E-state index >= 15 is 0 Å². The van der Waals surface area contributed by atoms with Crippen molar-refractivity contribution in [1.82, 2.24) is 9.56 Å². The minimum atomic E-state index is 0. The number of aryl methyl sites for hydroxylation is 1. The highest BCUT2D eigenvalue weighted by Gasteiger charge is 2.14. The maximum absolute atomic E-state index is 5.01. The summed E-state index contributed by atoms with van der Waals surface area (Å²) in [7, 11) is 8.49. The average Bonchev–Trinajstić information content (AvgIpc) is 2.77. The number of hydrogen-bond donors (Lipinski definition) is 0. The molecular weight excluding hydrogens is 537 g/mol. The van der Waals surface area contributed by atoms with Crippen LogP contribution in [0, 0.1) is 0 Å². The van der Waals surface area contributed by atoms with Gasteiger partial charge in [0, 0.05) is 31.4 Å². The highest BCUT2D eigenvalue weighted by molar-refractivity contribution is 7.21. The van der Waals surface area contributed by atoms with Crippen molar-refractivity contribution in [3.8, 4) is 10.6 Å². The molecule has 1 aromatic carbocycles. The Morgan fingerprint density at radius 2 is 1.48 bits per heavy atom. The van der Waals surface area contributed by atoms with Crippen molar-refractivity contribution in [2.24, 2.45) is 0 Å². The molecular formula is C28H42IN3S. The molecule has 3 rings (SSSR count). The molecule has 0 fully saturated rings. The van der Waals surface area contributed by atoms with E-state index in [0.29, 0.717) is 0 Å². The molecule has 33 heavy (non-hydrogen) atoms. The summed E-state index contributed by atoms with van der Waals surface area (Å²) in [6.45, 7) is 2.29. The van der Waals surface area contributed by atoms with Gasteiger partial charge in [-0.2, -0.15) is 0 Å². The molecule has 0 bridgehead atoms. The summed E-state index contributed by atoms with van der Waals surface area (Å²) in [5, 5.41) is 1.34. The molecule has 0 atom stereocenters. The second-order valence-electron chi connectivity index (χ2n) is 9.54. The molecule has 0 saturated carbocycles. The van der Waals surface area contributed by atoms with Crippen molar-refractivity contribution in [1.29, 1.82) is 0 Å². The Hall–Kier alpha value is -1.21. The Morgan fingerprint density at radius 3 is 2.09 bits per heavy atom. The summed E-state index contributed by atoms with van der Waals surface area (Å²) in [6, 6.07) is 11.3. The first-order valence-electron chi connectivity index (χ1n) is 12.5. The van der Waals surface area contributed by atoms with E-state index in [4.69, 9.17) is 4.98 Å². The zero-order valence-electron chi connectivity index (χ0n) is 21.3. The van der Waals surface area contributed by atoms with Gasteiger partial charge in [-0.3, -0.25) is 0 Å². The van der Waals surface area contributed by atoms with Gasteiger partial charge < -0.3 is 28.9 Å². The molecule has 3 nitrogen and oxygen atoms in total.